The van der Waals surface area contributed by atoms with E-state index in [9.17, 15) is 0 Å². The molecule has 1 N–H and O–H groups in total. The van der Waals surface area contributed by atoms with Crippen molar-refractivity contribution in [2.24, 2.45) is 0 Å². The fourth-order valence-electron chi connectivity index (χ4n) is 2.63. The van der Waals surface area contributed by atoms with E-state index in [-0.39, 0.29) is 0 Å². The maximum absolute atomic E-state index is 3.57. The predicted molar refractivity (Wildman–Crippen MR) is 76.0 cm³/mol. The van der Waals surface area contributed by atoms with E-state index in [1.54, 1.807) is 0 Å². The fraction of sp³-hybridized carbons (Fsp3) is 0.600. The first-order chi connectivity index (χ1) is 8.24. The minimum atomic E-state index is 0.607. The van der Waals surface area contributed by atoms with Gasteiger partial charge < -0.3 is 10.2 Å². The first-order valence-electron chi connectivity index (χ1n) is 6.82. The molecule has 94 valence electrons. The number of para-hydroxylation sites is 1. The van der Waals surface area contributed by atoms with Crippen molar-refractivity contribution < 1.29 is 0 Å². The molecule has 1 unspecified atom stereocenters. The Bertz CT molecular complexity index is 373. The molecule has 0 saturated carbocycles. The summed E-state index contributed by atoms with van der Waals surface area (Å²) < 4.78 is 0. The number of benzene rings is 1. The zero-order valence-corrected chi connectivity index (χ0v) is 11.3. The van der Waals surface area contributed by atoms with Crippen LogP contribution >= 0.6 is 0 Å². The highest BCUT2D eigenvalue weighted by atomic mass is 15.1. The maximum Gasteiger partial charge on any atom is 0.0610 e. The van der Waals surface area contributed by atoms with Gasteiger partial charge in [-0.1, -0.05) is 25.5 Å². The van der Waals surface area contributed by atoms with E-state index in [0.29, 0.717) is 6.04 Å². The average Bonchev–Trinajstić information content (AvgIpc) is 2.37. The zero-order chi connectivity index (χ0) is 12.3. The van der Waals surface area contributed by atoms with Crippen LogP contribution in [-0.2, 0) is 6.42 Å². The molecule has 1 heterocycles. The van der Waals surface area contributed by atoms with Gasteiger partial charge >= 0.3 is 0 Å². The molecule has 1 atom stereocenters. The molecule has 0 amide bonds. The van der Waals surface area contributed by atoms with Gasteiger partial charge in [0.25, 0.3) is 0 Å². The van der Waals surface area contributed by atoms with E-state index >= 15 is 0 Å². The maximum atomic E-state index is 3.57. The number of anilines is 2. The zero-order valence-electron chi connectivity index (χ0n) is 11.3. The van der Waals surface area contributed by atoms with E-state index in [4.69, 9.17) is 0 Å². The molecule has 0 radical (unpaired) electrons. The van der Waals surface area contributed by atoms with E-state index in [0.717, 1.165) is 6.54 Å². The Hall–Kier alpha value is -1.18. The summed E-state index contributed by atoms with van der Waals surface area (Å²) in [5, 5.41) is 3.57. The Labute approximate surface area is 105 Å². The van der Waals surface area contributed by atoms with E-state index in [1.807, 2.05) is 0 Å². The third-order valence-electron chi connectivity index (χ3n) is 3.80. The molecule has 2 nitrogen and oxygen atoms in total. The lowest BCUT2D eigenvalue weighted by atomic mass is 10.0. The van der Waals surface area contributed by atoms with Gasteiger partial charge in [0.2, 0.25) is 0 Å². The van der Waals surface area contributed by atoms with Gasteiger partial charge in [-0.2, -0.15) is 0 Å². The Morgan fingerprint density at radius 2 is 2.24 bits per heavy atom. The summed E-state index contributed by atoms with van der Waals surface area (Å²) >= 11 is 0. The van der Waals surface area contributed by atoms with Crippen molar-refractivity contribution in [1.29, 1.82) is 0 Å². The molecule has 0 saturated heterocycles. The largest absolute Gasteiger partial charge is 0.383 e. The van der Waals surface area contributed by atoms with Gasteiger partial charge in [0, 0.05) is 19.6 Å². The standard InChI is InChI=1S/C15H24N2/c1-4-7-12(2)17(3)14-10-5-8-13-9-6-11-16-15(13)14/h5,8,10,12,16H,4,6-7,9,11H2,1-3H3. The summed E-state index contributed by atoms with van der Waals surface area (Å²) in [6, 6.07) is 7.29. The van der Waals surface area contributed by atoms with E-state index in [2.05, 4.69) is 49.3 Å². The normalized spacial score (nSPS) is 15.9. The quantitative estimate of drug-likeness (QED) is 0.852. The summed E-state index contributed by atoms with van der Waals surface area (Å²) in [6.45, 7) is 5.68. The Morgan fingerprint density at radius 3 is 3.00 bits per heavy atom. The Balaban J connectivity index is 2.25. The van der Waals surface area contributed by atoms with E-state index in [1.165, 1.54) is 42.6 Å². The first kappa shape index (κ1) is 12.3. The van der Waals surface area contributed by atoms with Crippen LogP contribution in [0.3, 0.4) is 0 Å². The number of nitrogens with one attached hydrogen (secondary N) is 1. The number of hydrogen-bond acceptors (Lipinski definition) is 2. The number of aryl methyl sites for hydroxylation is 1. The lowest BCUT2D eigenvalue weighted by molar-refractivity contribution is 0.616. The second kappa shape index (κ2) is 5.44. The Kier molecular flexibility index (Phi) is 3.93. The van der Waals surface area contributed by atoms with Crippen LogP contribution in [0, 0.1) is 0 Å². The highest BCUT2D eigenvalue weighted by molar-refractivity contribution is 5.74. The van der Waals surface area contributed by atoms with Crippen LogP contribution < -0.4 is 10.2 Å². The van der Waals surface area contributed by atoms with Gasteiger partial charge in [0.15, 0.2) is 0 Å². The summed E-state index contributed by atoms with van der Waals surface area (Å²) in [5.74, 6) is 0. The smallest absolute Gasteiger partial charge is 0.0610 e. The molecule has 1 aliphatic heterocycles. The van der Waals surface area contributed by atoms with Crippen molar-refractivity contribution in [2.75, 3.05) is 23.8 Å². The van der Waals surface area contributed by atoms with Gasteiger partial charge in [-0.25, -0.2) is 0 Å². The summed E-state index contributed by atoms with van der Waals surface area (Å²) in [5.41, 5.74) is 4.21. The van der Waals surface area contributed by atoms with Crippen molar-refractivity contribution >= 4 is 11.4 Å². The second-order valence-electron chi connectivity index (χ2n) is 5.09. The monoisotopic (exact) mass is 232 g/mol. The lowest BCUT2D eigenvalue weighted by Gasteiger charge is -2.31. The van der Waals surface area contributed by atoms with Gasteiger partial charge in [0.1, 0.15) is 0 Å². The van der Waals surface area contributed by atoms with E-state index < -0.39 is 0 Å². The minimum Gasteiger partial charge on any atom is -0.383 e. The van der Waals surface area contributed by atoms with Crippen LogP contribution in [0.15, 0.2) is 18.2 Å². The second-order valence-corrected chi connectivity index (χ2v) is 5.09. The molecule has 17 heavy (non-hydrogen) atoms. The van der Waals surface area contributed by atoms with Crippen LogP contribution in [0.5, 0.6) is 0 Å². The fourth-order valence-corrected chi connectivity index (χ4v) is 2.63. The lowest BCUT2D eigenvalue weighted by Crippen LogP contribution is -2.30. The van der Waals surface area contributed by atoms with Gasteiger partial charge in [-0.15, -0.1) is 0 Å². The number of fused-ring (bicyclic) bond motifs is 1. The van der Waals surface area contributed by atoms with Crippen molar-refractivity contribution in [3.63, 3.8) is 0 Å². The molecule has 0 bridgehead atoms. The SMILES string of the molecule is CCCC(C)N(C)c1cccc2c1NCCC2. The number of hydrogen-bond donors (Lipinski definition) is 1. The van der Waals surface area contributed by atoms with Gasteiger partial charge in [0.05, 0.1) is 11.4 Å². The molecule has 1 aliphatic rings. The third-order valence-corrected chi connectivity index (χ3v) is 3.80. The molecule has 0 aromatic heterocycles. The summed E-state index contributed by atoms with van der Waals surface area (Å²) in [4.78, 5) is 2.42. The molecule has 0 spiro atoms. The topological polar surface area (TPSA) is 15.3 Å². The predicted octanol–water partition coefficient (Wildman–Crippen LogP) is 3.67. The average molecular weight is 232 g/mol. The van der Waals surface area contributed by atoms with Crippen molar-refractivity contribution in [3.05, 3.63) is 23.8 Å². The van der Waals surface area contributed by atoms with Crippen LogP contribution in [0.2, 0.25) is 0 Å². The molecule has 2 rings (SSSR count). The van der Waals surface area contributed by atoms with Crippen LogP contribution in [0.4, 0.5) is 11.4 Å². The van der Waals surface area contributed by atoms with Crippen molar-refractivity contribution in [1.82, 2.24) is 0 Å². The van der Waals surface area contributed by atoms with Crippen LogP contribution in [0.25, 0.3) is 0 Å². The van der Waals surface area contributed by atoms with Gasteiger partial charge in [-0.05, 0) is 37.8 Å². The summed E-state index contributed by atoms with van der Waals surface area (Å²) in [7, 11) is 2.21. The molecule has 2 heteroatoms. The number of rotatable bonds is 4. The molecular formula is C15H24N2. The van der Waals surface area contributed by atoms with Crippen LogP contribution in [-0.4, -0.2) is 19.6 Å². The Morgan fingerprint density at radius 1 is 1.41 bits per heavy atom. The van der Waals surface area contributed by atoms with Crippen LogP contribution in [0.1, 0.15) is 38.7 Å². The highest BCUT2D eigenvalue weighted by Gasteiger charge is 2.17. The molecule has 1 aromatic carbocycles. The first-order valence-corrected chi connectivity index (χ1v) is 6.82. The van der Waals surface area contributed by atoms with Gasteiger partial charge in [-0.3, -0.25) is 0 Å². The minimum absolute atomic E-state index is 0.607. The molecule has 0 aliphatic carbocycles. The van der Waals surface area contributed by atoms with Crippen molar-refractivity contribution in [3.8, 4) is 0 Å². The number of nitrogens with zero attached hydrogens (tertiary/aromatic N) is 1. The summed E-state index contributed by atoms with van der Waals surface area (Å²) in [6.07, 6.45) is 4.96. The highest BCUT2D eigenvalue weighted by Crippen LogP contribution is 2.33. The third kappa shape index (κ3) is 2.56. The molecule has 0 fully saturated rings. The molecule has 1 aromatic rings. The van der Waals surface area contributed by atoms with Crippen molar-refractivity contribution in [2.45, 2.75) is 45.6 Å². The molecular weight excluding hydrogens is 208 g/mol.